The molecule has 1 aliphatic rings. The summed E-state index contributed by atoms with van der Waals surface area (Å²) in [7, 11) is 0. The zero-order chi connectivity index (χ0) is 24.1. The van der Waals surface area contributed by atoms with Crippen LogP contribution in [0.1, 0.15) is 39.3 Å². The largest absolute Gasteiger partial charge is 0.426 e. The molecule has 8 nitrogen and oxygen atoms in total. The summed E-state index contributed by atoms with van der Waals surface area (Å²) in [5.41, 5.74) is 4.67. The number of rotatable bonds is 7. The van der Waals surface area contributed by atoms with Gasteiger partial charge in [-0.25, -0.2) is 4.79 Å². The summed E-state index contributed by atoms with van der Waals surface area (Å²) in [6.07, 6.45) is 4.48. The number of esters is 1. The van der Waals surface area contributed by atoms with Crippen molar-refractivity contribution in [2.24, 2.45) is 0 Å². The molecule has 0 spiro atoms. The first kappa shape index (κ1) is 26.8. The Balaban J connectivity index is 0.000000237. The molecule has 0 unspecified atom stereocenters. The number of nitrogen functional groups attached to an aromatic ring is 1. The highest BCUT2D eigenvalue weighted by atomic mass is 32.2. The number of hydrogen-bond donors (Lipinski definition) is 2. The Morgan fingerprint density at radius 3 is 2.85 bits per heavy atom. The molecule has 0 aliphatic carbocycles. The number of aromatic nitrogens is 2. The molecular weight excluding hydrogens is 462 g/mol. The second kappa shape index (κ2) is 14.6. The molecule has 2 atom stereocenters. The van der Waals surface area contributed by atoms with Crippen LogP contribution >= 0.6 is 23.5 Å². The number of hydrogen-bond acceptors (Lipinski definition) is 9. The number of thioether (sulfide) groups is 2. The minimum Gasteiger partial charge on any atom is -0.426 e. The fraction of sp³-hybridized carbons (Fsp3) is 0.435. The number of aliphatic hydroxyl groups excluding tert-OH is 1. The van der Waals surface area contributed by atoms with E-state index in [1.54, 1.807) is 30.1 Å². The lowest BCUT2D eigenvalue weighted by atomic mass is 10.3. The van der Waals surface area contributed by atoms with Crippen LogP contribution in [-0.4, -0.2) is 44.2 Å². The molecule has 10 heteroatoms. The van der Waals surface area contributed by atoms with E-state index < -0.39 is 5.69 Å². The van der Waals surface area contributed by atoms with Crippen LogP contribution in [0.2, 0.25) is 0 Å². The fourth-order valence-electron chi connectivity index (χ4n) is 2.66. The molecule has 3 N–H and O–H groups in total. The lowest BCUT2D eigenvalue weighted by Crippen LogP contribution is -2.28. The van der Waals surface area contributed by atoms with Crippen molar-refractivity contribution in [1.29, 1.82) is 0 Å². The second-order valence-electron chi connectivity index (χ2n) is 6.86. The predicted octanol–water partition coefficient (Wildman–Crippen LogP) is 3.30. The van der Waals surface area contributed by atoms with Gasteiger partial charge in [0.1, 0.15) is 23.2 Å². The van der Waals surface area contributed by atoms with Crippen molar-refractivity contribution in [3.05, 3.63) is 47.0 Å². The van der Waals surface area contributed by atoms with Gasteiger partial charge in [0.25, 0.3) is 0 Å². The number of para-hydroxylation sites is 1. The first-order valence-corrected chi connectivity index (χ1v) is 12.6. The van der Waals surface area contributed by atoms with Crippen molar-refractivity contribution in [3.8, 4) is 17.6 Å². The number of anilines is 1. The Kier molecular flexibility index (Phi) is 11.9. The summed E-state index contributed by atoms with van der Waals surface area (Å²) in [5, 5.41) is 8.88. The van der Waals surface area contributed by atoms with Crippen LogP contribution in [0.4, 0.5) is 5.82 Å². The Labute approximate surface area is 202 Å². The van der Waals surface area contributed by atoms with Gasteiger partial charge in [-0.1, -0.05) is 31.4 Å². The van der Waals surface area contributed by atoms with Crippen molar-refractivity contribution in [2.45, 2.75) is 49.7 Å². The maximum Gasteiger partial charge on any atom is 0.351 e. The van der Waals surface area contributed by atoms with Crippen LogP contribution in [0, 0.1) is 11.8 Å². The van der Waals surface area contributed by atoms with E-state index in [-0.39, 0.29) is 30.1 Å². The van der Waals surface area contributed by atoms with Gasteiger partial charge in [-0.2, -0.15) is 4.98 Å². The maximum absolute atomic E-state index is 11.4. The molecule has 33 heavy (non-hydrogen) atoms. The molecule has 178 valence electrons. The molecule has 1 aliphatic heterocycles. The summed E-state index contributed by atoms with van der Waals surface area (Å²) in [6, 6.07) is 9.07. The average molecular weight is 492 g/mol. The van der Waals surface area contributed by atoms with E-state index in [1.165, 1.54) is 29.7 Å². The molecule has 1 aromatic heterocycles. The SMILES string of the molecule is CCCCC#CCSc1ccccc1OC(C)=O.Nc1ccn([C@@H]2CS[C@H](CO)O2)c(=O)n1. The highest BCUT2D eigenvalue weighted by Crippen LogP contribution is 2.30. The summed E-state index contributed by atoms with van der Waals surface area (Å²) < 4.78 is 11.9. The zero-order valence-corrected chi connectivity index (χ0v) is 20.4. The van der Waals surface area contributed by atoms with E-state index >= 15 is 0 Å². The van der Waals surface area contributed by atoms with E-state index in [0.29, 0.717) is 11.5 Å². The first-order valence-electron chi connectivity index (χ1n) is 10.5. The van der Waals surface area contributed by atoms with Crippen LogP contribution in [0.3, 0.4) is 0 Å². The quantitative estimate of drug-likeness (QED) is 0.198. The molecule has 2 heterocycles. The smallest absolute Gasteiger partial charge is 0.351 e. The van der Waals surface area contributed by atoms with E-state index in [2.05, 4.69) is 23.7 Å². The monoisotopic (exact) mass is 491 g/mol. The van der Waals surface area contributed by atoms with Gasteiger partial charge in [0, 0.05) is 25.3 Å². The molecular formula is C23H29N3O5S2. The van der Waals surface area contributed by atoms with Gasteiger partial charge in [-0.15, -0.1) is 29.4 Å². The molecule has 1 fully saturated rings. The van der Waals surface area contributed by atoms with Gasteiger partial charge >= 0.3 is 11.7 Å². The number of nitrogens with zero attached hydrogens (tertiary/aromatic N) is 2. The molecule has 0 radical (unpaired) electrons. The molecule has 1 saturated heterocycles. The topological polar surface area (TPSA) is 117 Å². The summed E-state index contributed by atoms with van der Waals surface area (Å²) in [6.45, 7) is 3.51. The number of carbonyl (C=O) groups is 1. The normalized spacial score (nSPS) is 16.8. The van der Waals surface area contributed by atoms with Crippen molar-refractivity contribution in [3.63, 3.8) is 0 Å². The number of ether oxygens (including phenoxy) is 2. The van der Waals surface area contributed by atoms with Crippen molar-refractivity contribution < 1.29 is 19.4 Å². The maximum atomic E-state index is 11.4. The van der Waals surface area contributed by atoms with Crippen LogP contribution in [0.25, 0.3) is 0 Å². The van der Waals surface area contributed by atoms with Gasteiger partial charge in [-0.3, -0.25) is 9.36 Å². The van der Waals surface area contributed by atoms with Gasteiger partial charge in [0.2, 0.25) is 0 Å². The van der Waals surface area contributed by atoms with Crippen LogP contribution in [0.15, 0.2) is 46.2 Å². The fourth-order valence-corrected chi connectivity index (χ4v) is 4.34. The minimum atomic E-state index is -0.431. The van der Waals surface area contributed by atoms with Gasteiger partial charge in [0.15, 0.2) is 0 Å². The van der Waals surface area contributed by atoms with E-state index in [1.807, 2.05) is 18.2 Å². The molecule has 1 aromatic carbocycles. The minimum absolute atomic E-state index is 0.0572. The van der Waals surface area contributed by atoms with Crippen molar-refractivity contribution in [1.82, 2.24) is 9.55 Å². The molecule has 0 amide bonds. The average Bonchev–Trinajstić information content (AvgIpc) is 3.26. The zero-order valence-electron chi connectivity index (χ0n) is 18.7. The summed E-state index contributed by atoms with van der Waals surface area (Å²) in [5.74, 6) is 8.12. The Hall–Kier alpha value is -2.45. The van der Waals surface area contributed by atoms with E-state index in [0.717, 1.165) is 23.5 Å². The lowest BCUT2D eigenvalue weighted by Gasteiger charge is -2.13. The van der Waals surface area contributed by atoms with Crippen LogP contribution < -0.4 is 16.2 Å². The molecule has 0 saturated carbocycles. The van der Waals surface area contributed by atoms with Crippen molar-refractivity contribution in [2.75, 3.05) is 23.8 Å². The van der Waals surface area contributed by atoms with Crippen LogP contribution in [-0.2, 0) is 9.53 Å². The Morgan fingerprint density at radius 1 is 1.39 bits per heavy atom. The Bertz CT molecular complexity index is 1020. The Morgan fingerprint density at radius 2 is 2.18 bits per heavy atom. The third-order valence-corrected chi connectivity index (χ3v) is 6.27. The lowest BCUT2D eigenvalue weighted by molar-refractivity contribution is -0.132. The number of aliphatic hydroxyl groups is 1. The number of benzene rings is 1. The number of nitrogens with two attached hydrogens (primary N) is 1. The third-order valence-electron chi connectivity index (χ3n) is 4.23. The highest BCUT2D eigenvalue weighted by molar-refractivity contribution is 8.00. The summed E-state index contributed by atoms with van der Waals surface area (Å²) in [4.78, 5) is 27.0. The van der Waals surface area contributed by atoms with Gasteiger partial charge in [0.05, 0.1) is 17.3 Å². The number of unbranched alkanes of at least 4 members (excludes halogenated alkanes) is 2. The standard InChI is InChI=1S/C15H18O2S.C8H11N3O3S/c1-3-4-5-6-9-12-18-15-11-8-7-10-14(15)17-13(2)16;9-5-1-2-11(8(13)10-5)6-4-15-7(3-12)14-6/h7-8,10-11H,3-5,12H2,1-2H3;1-2,6-7,12H,3-4H2,(H2,9,10,13)/t;6-,7+/m.0/s1. The number of carbonyl (C=O) groups excluding carboxylic acids is 1. The predicted molar refractivity (Wildman–Crippen MR) is 132 cm³/mol. The molecule has 2 aromatic rings. The van der Waals surface area contributed by atoms with Gasteiger partial charge < -0.3 is 20.3 Å². The van der Waals surface area contributed by atoms with Crippen molar-refractivity contribution >= 4 is 35.3 Å². The molecule has 3 rings (SSSR count). The summed E-state index contributed by atoms with van der Waals surface area (Å²) >= 11 is 3.06. The second-order valence-corrected chi connectivity index (χ2v) is 9.07. The van der Waals surface area contributed by atoms with E-state index in [9.17, 15) is 9.59 Å². The van der Waals surface area contributed by atoms with Gasteiger partial charge in [-0.05, 0) is 24.6 Å². The molecule has 0 bridgehead atoms. The van der Waals surface area contributed by atoms with Crippen LogP contribution in [0.5, 0.6) is 5.75 Å². The highest BCUT2D eigenvalue weighted by Gasteiger charge is 2.27. The van der Waals surface area contributed by atoms with E-state index in [4.69, 9.17) is 20.3 Å². The first-order chi connectivity index (χ1) is 15.9. The third kappa shape index (κ3) is 9.52.